The monoisotopic (exact) mass is 283 g/mol. The van der Waals surface area contributed by atoms with E-state index in [-0.39, 0.29) is 5.41 Å². The molecule has 0 atom stereocenters. The number of benzene rings is 1. The maximum absolute atomic E-state index is 9.55. The summed E-state index contributed by atoms with van der Waals surface area (Å²) in [5, 5.41) is 19.1. The molecule has 0 radical (unpaired) electrons. The van der Waals surface area contributed by atoms with Crippen LogP contribution in [0, 0.1) is 13.8 Å². The summed E-state index contributed by atoms with van der Waals surface area (Å²) in [6.07, 6.45) is 1.68. The minimum Gasteiger partial charge on any atom is -0.423 e. The molecule has 2 aromatic rings. The fourth-order valence-corrected chi connectivity index (χ4v) is 2.61. The highest BCUT2D eigenvalue weighted by Gasteiger charge is 2.22. The molecule has 110 valence electrons. The minimum atomic E-state index is -1.52. The van der Waals surface area contributed by atoms with Crippen molar-refractivity contribution in [2.75, 3.05) is 0 Å². The Bertz CT molecular complexity index is 637. The molecule has 2 rings (SSSR count). The van der Waals surface area contributed by atoms with Crippen LogP contribution in [0.25, 0.3) is 11.3 Å². The average Bonchev–Trinajstić information content (AvgIpc) is 2.37. The van der Waals surface area contributed by atoms with Gasteiger partial charge < -0.3 is 10.0 Å². The van der Waals surface area contributed by atoms with Crippen molar-refractivity contribution < 1.29 is 10.0 Å². The van der Waals surface area contributed by atoms with Crippen molar-refractivity contribution in [3.63, 3.8) is 0 Å². The third-order valence-electron chi connectivity index (χ3n) is 3.75. The van der Waals surface area contributed by atoms with Gasteiger partial charge in [0.05, 0.1) is 5.69 Å². The standard InChI is InChI=1S/C17H22BNO2/c1-11-9-13(17(3,4)5)10-12(2)15(11)16-14(18(20)21)7-6-8-19-16/h6-10,20-21H,1-5H3. The summed E-state index contributed by atoms with van der Waals surface area (Å²) in [7, 11) is -1.52. The summed E-state index contributed by atoms with van der Waals surface area (Å²) >= 11 is 0. The van der Waals surface area contributed by atoms with E-state index in [4.69, 9.17) is 0 Å². The van der Waals surface area contributed by atoms with Gasteiger partial charge in [0.25, 0.3) is 0 Å². The minimum absolute atomic E-state index is 0.0808. The van der Waals surface area contributed by atoms with Gasteiger partial charge in [0.15, 0.2) is 0 Å². The number of nitrogens with zero attached hydrogens (tertiary/aromatic N) is 1. The molecule has 0 saturated heterocycles. The zero-order chi connectivity index (χ0) is 15.8. The van der Waals surface area contributed by atoms with Crippen LogP contribution >= 0.6 is 0 Å². The zero-order valence-electron chi connectivity index (χ0n) is 13.3. The molecule has 0 amide bonds. The second-order valence-corrected chi connectivity index (χ2v) is 6.55. The lowest BCUT2D eigenvalue weighted by molar-refractivity contribution is 0.426. The summed E-state index contributed by atoms with van der Waals surface area (Å²) < 4.78 is 0. The highest BCUT2D eigenvalue weighted by Crippen LogP contribution is 2.31. The van der Waals surface area contributed by atoms with Gasteiger partial charge in [-0.15, -0.1) is 0 Å². The van der Waals surface area contributed by atoms with Crippen LogP contribution in [0.1, 0.15) is 37.5 Å². The summed E-state index contributed by atoms with van der Waals surface area (Å²) in [4.78, 5) is 4.36. The molecule has 0 saturated carbocycles. The largest absolute Gasteiger partial charge is 0.490 e. The van der Waals surface area contributed by atoms with Crippen molar-refractivity contribution in [2.45, 2.75) is 40.0 Å². The van der Waals surface area contributed by atoms with Crippen LogP contribution in [0.15, 0.2) is 30.5 Å². The van der Waals surface area contributed by atoms with E-state index in [9.17, 15) is 10.0 Å². The lowest BCUT2D eigenvalue weighted by atomic mass is 9.75. The maximum Gasteiger partial charge on any atom is 0.490 e. The SMILES string of the molecule is Cc1cc(C(C)(C)C)cc(C)c1-c1ncccc1B(O)O. The third kappa shape index (κ3) is 3.17. The van der Waals surface area contributed by atoms with E-state index in [1.807, 2.05) is 13.8 Å². The molecule has 0 bridgehead atoms. The molecular weight excluding hydrogens is 261 g/mol. The molecule has 1 heterocycles. The number of pyridine rings is 1. The molecule has 0 spiro atoms. The maximum atomic E-state index is 9.55. The highest BCUT2D eigenvalue weighted by atomic mass is 16.4. The molecule has 2 N–H and O–H groups in total. The van der Waals surface area contributed by atoms with Crippen molar-refractivity contribution in [3.8, 4) is 11.3 Å². The van der Waals surface area contributed by atoms with Crippen LogP contribution in [0.4, 0.5) is 0 Å². The second kappa shape index (κ2) is 5.62. The first-order chi connectivity index (χ1) is 9.71. The van der Waals surface area contributed by atoms with Crippen LogP contribution < -0.4 is 5.46 Å². The van der Waals surface area contributed by atoms with Crippen molar-refractivity contribution >= 4 is 12.6 Å². The number of rotatable bonds is 2. The highest BCUT2D eigenvalue weighted by molar-refractivity contribution is 6.60. The number of hydrogen-bond acceptors (Lipinski definition) is 3. The van der Waals surface area contributed by atoms with E-state index < -0.39 is 7.12 Å². The van der Waals surface area contributed by atoms with Crippen molar-refractivity contribution in [3.05, 3.63) is 47.2 Å². The summed E-state index contributed by atoms with van der Waals surface area (Å²) in [6.45, 7) is 10.6. The smallest absolute Gasteiger partial charge is 0.423 e. The van der Waals surface area contributed by atoms with Crippen LogP contribution in [-0.4, -0.2) is 22.2 Å². The number of aryl methyl sites for hydroxylation is 2. The van der Waals surface area contributed by atoms with Gasteiger partial charge in [0.1, 0.15) is 0 Å². The third-order valence-corrected chi connectivity index (χ3v) is 3.75. The molecule has 0 aliphatic rings. The molecule has 4 heteroatoms. The summed E-state index contributed by atoms with van der Waals surface area (Å²) in [5.41, 5.74) is 5.60. The Morgan fingerprint density at radius 2 is 1.62 bits per heavy atom. The summed E-state index contributed by atoms with van der Waals surface area (Å²) in [6, 6.07) is 7.73. The first kappa shape index (κ1) is 15.7. The van der Waals surface area contributed by atoms with E-state index in [1.165, 1.54) is 5.56 Å². The molecule has 0 fully saturated rings. The molecule has 0 aliphatic heterocycles. The molecule has 0 unspecified atom stereocenters. The van der Waals surface area contributed by atoms with E-state index >= 15 is 0 Å². The summed E-state index contributed by atoms with van der Waals surface area (Å²) in [5.74, 6) is 0. The Balaban J connectivity index is 2.67. The molecule has 1 aromatic heterocycles. The van der Waals surface area contributed by atoms with E-state index in [2.05, 4.69) is 37.9 Å². The molecule has 1 aromatic carbocycles. The van der Waals surface area contributed by atoms with Gasteiger partial charge in [0, 0.05) is 17.2 Å². The predicted octanol–water partition coefficient (Wildman–Crippen LogP) is 2.34. The Hall–Kier alpha value is -1.65. The fourth-order valence-electron chi connectivity index (χ4n) is 2.61. The van der Waals surface area contributed by atoms with Crippen molar-refractivity contribution in [2.24, 2.45) is 0 Å². The van der Waals surface area contributed by atoms with Gasteiger partial charge in [-0.25, -0.2) is 0 Å². The van der Waals surface area contributed by atoms with Gasteiger partial charge in [-0.1, -0.05) is 39.0 Å². The van der Waals surface area contributed by atoms with Gasteiger partial charge in [-0.05, 0) is 42.0 Å². The van der Waals surface area contributed by atoms with E-state index in [1.54, 1.807) is 18.3 Å². The average molecular weight is 283 g/mol. The predicted molar refractivity (Wildman–Crippen MR) is 87.7 cm³/mol. The van der Waals surface area contributed by atoms with E-state index in [0.29, 0.717) is 11.2 Å². The topological polar surface area (TPSA) is 53.4 Å². The van der Waals surface area contributed by atoms with Crippen LogP contribution in [0.2, 0.25) is 0 Å². The second-order valence-electron chi connectivity index (χ2n) is 6.55. The molecule has 3 nitrogen and oxygen atoms in total. The lowest BCUT2D eigenvalue weighted by Crippen LogP contribution is -2.32. The van der Waals surface area contributed by atoms with E-state index in [0.717, 1.165) is 16.7 Å². The van der Waals surface area contributed by atoms with Gasteiger partial charge in [-0.2, -0.15) is 0 Å². The normalized spacial score (nSPS) is 11.6. The molecular formula is C17H22BNO2. The fraction of sp³-hybridized carbons (Fsp3) is 0.353. The number of aromatic nitrogens is 1. The van der Waals surface area contributed by atoms with Crippen LogP contribution in [0.3, 0.4) is 0 Å². The van der Waals surface area contributed by atoms with Crippen molar-refractivity contribution in [1.82, 2.24) is 4.98 Å². The van der Waals surface area contributed by atoms with Gasteiger partial charge in [-0.3, -0.25) is 4.98 Å². The van der Waals surface area contributed by atoms with Gasteiger partial charge >= 0.3 is 7.12 Å². The first-order valence-electron chi connectivity index (χ1n) is 7.15. The zero-order valence-corrected chi connectivity index (χ0v) is 13.3. The Kier molecular flexibility index (Phi) is 4.21. The van der Waals surface area contributed by atoms with Gasteiger partial charge in [0.2, 0.25) is 0 Å². The Labute approximate surface area is 126 Å². The first-order valence-corrected chi connectivity index (χ1v) is 7.15. The van der Waals surface area contributed by atoms with Crippen molar-refractivity contribution in [1.29, 1.82) is 0 Å². The molecule has 0 aliphatic carbocycles. The number of hydrogen-bond donors (Lipinski definition) is 2. The lowest BCUT2D eigenvalue weighted by Gasteiger charge is -2.23. The quantitative estimate of drug-likeness (QED) is 0.832. The molecule has 21 heavy (non-hydrogen) atoms. The Morgan fingerprint density at radius 3 is 2.10 bits per heavy atom. The van der Waals surface area contributed by atoms with Crippen LogP contribution in [-0.2, 0) is 5.41 Å². The van der Waals surface area contributed by atoms with Crippen LogP contribution in [0.5, 0.6) is 0 Å². The Morgan fingerprint density at radius 1 is 1.05 bits per heavy atom.